The monoisotopic (exact) mass is 336 g/mol. The summed E-state index contributed by atoms with van der Waals surface area (Å²) < 4.78 is 33.3. The first kappa shape index (κ1) is 21.9. The molecule has 0 aromatic rings. The van der Waals surface area contributed by atoms with E-state index in [1.165, 1.54) is 64.2 Å². The quantitative estimate of drug-likeness (QED) is 0.297. The van der Waals surface area contributed by atoms with E-state index in [-0.39, 0.29) is 6.61 Å². The lowest BCUT2D eigenvalue weighted by atomic mass is 9.96. The maximum absolute atomic E-state index is 10.3. The smallest absolute Gasteiger partial charge is 0.264 e. The van der Waals surface area contributed by atoms with E-state index in [0.717, 1.165) is 18.8 Å². The van der Waals surface area contributed by atoms with E-state index in [0.29, 0.717) is 6.42 Å². The number of unbranched alkanes of at least 4 members (excludes halogenated alkanes) is 9. The van der Waals surface area contributed by atoms with Gasteiger partial charge in [0.25, 0.3) is 0 Å². The van der Waals surface area contributed by atoms with Crippen LogP contribution in [0.4, 0.5) is 0 Å². The summed E-state index contributed by atoms with van der Waals surface area (Å²) in [5.41, 5.74) is 0. The van der Waals surface area contributed by atoms with Gasteiger partial charge < -0.3 is 0 Å². The standard InChI is InChI=1S/C17H36O4S/c1-3-4-5-8-11-14-17(2)15-12-9-6-7-10-13-16-21-22(18,19)20/h17H,3-16H2,1-2H3,(H,18,19,20). The molecule has 0 fully saturated rings. The van der Waals surface area contributed by atoms with Crippen LogP contribution in [0, 0.1) is 5.92 Å². The zero-order valence-corrected chi connectivity index (χ0v) is 15.4. The van der Waals surface area contributed by atoms with E-state index in [1.54, 1.807) is 0 Å². The van der Waals surface area contributed by atoms with E-state index in [2.05, 4.69) is 18.0 Å². The molecule has 4 nitrogen and oxygen atoms in total. The van der Waals surface area contributed by atoms with Crippen LogP contribution in [0.15, 0.2) is 0 Å². The molecule has 0 aliphatic heterocycles. The summed E-state index contributed by atoms with van der Waals surface area (Å²) in [6.07, 6.45) is 16.1. The third-order valence-corrected chi connectivity index (χ3v) is 4.59. The van der Waals surface area contributed by atoms with E-state index in [1.807, 2.05) is 0 Å². The van der Waals surface area contributed by atoms with Crippen LogP contribution in [0.2, 0.25) is 0 Å². The third-order valence-electron chi connectivity index (χ3n) is 4.12. The van der Waals surface area contributed by atoms with Crippen molar-refractivity contribution in [1.29, 1.82) is 0 Å². The molecule has 0 heterocycles. The lowest BCUT2D eigenvalue weighted by molar-refractivity contribution is 0.261. The maximum atomic E-state index is 10.3. The molecule has 1 N–H and O–H groups in total. The minimum atomic E-state index is -4.25. The minimum Gasteiger partial charge on any atom is -0.264 e. The van der Waals surface area contributed by atoms with Gasteiger partial charge in [-0.15, -0.1) is 0 Å². The van der Waals surface area contributed by atoms with Crippen molar-refractivity contribution in [2.75, 3.05) is 6.61 Å². The zero-order chi connectivity index (χ0) is 16.7. The first-order valence-electron chi connectivity index (χ1n) is 9.07. The van der Waals surface area contributed by atoms with Gasteiger partial charge in [0.05, 0.1) is 6.61 Å². The molecule has 0 aliphatic carbocycles. The molecule has 1 unspecified atom stereocenters. The van der Waals surface area contributed by atoms with Crippen molar-refractivity contribution in [3.05, 3.63) is 0 Å². The second-order valence-electron chi connectivity index (χ2n) is 6.47. The van der Waals surface area contributed by atoms with Crippen LogP contribution in [-0.2, 0) is 14.6 Å². The topological polar surface area (TPSA) is 63.6 Å². The van der Waals surface area contributed by atoms with Crippen molar-refractivity contribution >= 4 is 10.4 Å². The highest BCUT2D eigenvalue weighted by Gasteiger charge is 2.03. The van der Waals surface area contributed by atoms with Crippen LogP contribution in [0.3, 0.4) is 0 Å². The first-order valence-corrected chi connectivity index (χ1v) is 10.4. The molecule has 5 heteroatoms. The normalized spacial score (nSPS) is 13.4. The summed E-state index contributed by atoms with van der Waals surface area (Å²) in [7, 11) is -4.25. The Bertz CT molecular complexity index is 328. The molecular weight excluding hydrogens is 300 g/mol. The lowest BCUT2D eigenvalue weighted by Crippen LogP contribution is -2.04. The van der Waals surface area contributed by atoms with Crippen molar-refractivity contribution in [3.8, 4) is 0 Å². The van der Waals surface area contributed by atoms with Gasteiger partial charge in [-0.3, -0.25) is 4.55 Å². The molecule has 134 valence electrons. The Labute approximate surface area is 138 Å². The fourth-order valence-corrected chi connectivity index (χ4v) is 3.04. The van der Waals surface area contributed by atoms with Crippen molar-refractivity contribution in [2.45, 2.75) is 97.3 Å². The van der Waals surface area contributed by atoms with Gasteiger partial charge in [-0.05, 0) is 12.3 Å². The van der Waals surface area contributed by atoms with Crippen LogP contribution < -0.4 is 0 Å². The predicted molar refractivity (Wildman–Crippen MR) is 92.4 cm³/mol. The Morgan fingerprint density at radius 1 is 0.818 bits per heavy atom. The fourth-order valence-electron chi connectivity index (χ4n) is 2.71. The molecule has 0 bridgehead atoms. The molecule has 0 aliphatic rings. The highest BCUT2D eigenvalue weighted by molar-refractivity contribution is 7.80. The fraction of sp³-hybridized carbons (Fsp3) is 1.00. The Morgan fingerprint density at radius 3 is 1.77 bits per heavy atom. The molecule has 0 aromatic carbocycles. The van der Waals surface area contributed by atoms with Gasteiger partial charge in [0.1, 0.15) is 0 Å². The average molecular weight is 337 g/mol. The molecule has 0 radical (unpaired) electrons. The molecule has 1 atom stereocenters. The Morgan fingerprint density at radius 2 is 1.27 bits per heavy atom. The number of hydrogen-bond acceptors (Lipinski definition) is 3. The largest absolute Gasteiger partial charge is 0.397 e. The summed E-state index contributed by atoms with van der Waals surface area (Å²) in [5, 5.41) is 0. The van der Waals surface area contributed by atoms with Gasteiger partial charge in [-0.25, -0.2) is 4.18 Å². The molecule has 22 heavy (non-hydrogen) atoms. The Kier molecular flexibility index (Phi) is 14.4. The number of rotatable bonds is 16. The van der Waals surface area contributed by atoms with Crippen LogP contribution in [0.1, 0.15) is 97.3 Å². The summed E-state index contributed by atoms with van der Waals surface area (Å²) in [6, 6.07) is 0. The second kappa shape index (κ2) is 14.5. The van der Waals surface area contributed by atoms with Crippen molar-refractivity contribution < 1.29 is 17.2 Å². The van der Waals surface area contributed by atoms with Crippen LogP contribution in [0.5, 0.6) is 0 Å². The molecule has 0 spiro atoms. The lowest BCUT2D eigenvalue weighted by Gasteiger charge is -2.11. The maximum Gasteiger partial charge on any atom is 0.397 e. The van der Waals surface area contributed by atoms with E-state index in [4.69, 9.17) is 4.55 Å². The zero-order valence-electron chi connectivity index (χ0n) is 14.6. The van der Waals surface area contributed by atoms with Gasteiger partial charge in [0, 0.05) is 0 Å². The highest BCUT2D eigenvalue weighted by atomic mass is 32.3. The second-order valence-corrected chi connectivity index (χ2v) is 7.56. The summed E-state index contributed by atoms with van der Waals surface area (Å²) in [5.74, 6) is 0.852. The summed E-state index contributed by atoms with van der Waals surface area (Å²) in [6.45, 7) is 4.71. The molecule has 0 aromatic heterocycles. The molecule has 0 saturated carbocycles. The first-order chi connectivity index (χ1) is 10.5. The summed E-state index contributed by atoms with van der Waals surface area (Å²) >= 11 is 0. The van der Waals surface area contributed by atoms with Crippen molar-refractivity contribution in [3.63, 3.8) is 0 Å². The predicted octanol–water partition coefficient (Wildman–Crippen LogP) is 5.53. The molecule has 0 saturated heterocycles. The van der Waals surface area contributed by atoms with Crippen LogP contribution in [-0.4, -0.2) is 19.6 Å². The third kappa shape index (κ3) is 17.9. The van der Waals surface area contributed by atoms with Gasteiger partial charge in [0.2, 0.25) is 0 Å². The van der Waals surface area contributed by atoms with Gasteiger partial charge in [0.15, 0.2) is 0 Å². The SMILES string of the molecule is CCCCCCCC(C)CCCCCCCCOS(=O)(=O)O. The van der Waals surface area contributed by atoms with Crippen LogP contribution >= 0.6 is 0 Å². The van der Waals surface area contributed by atoms with Crippen LogP contribution in [0.25, 0.3) is 0 Å². The Balaban J connectivity index is 3.21. The molecule has 0 amide bonds. The van der Waals surface area contributed by atoms with E-state index < -0.39 is 10.4 Å². The molecule has 0 rings (SSSR count). The Hall–Kier alpha value is -0.130. The van der Waals surface area contributed by atoms with Gasteiger partial charge in [-0.1, -0.05) is 90.9 Å². The van der Waals surface area contributed by atoms with Crippen molar-refractivity contribution in [1.82, 2.24) is 0 Å². The van der Waals surface area contributed by atoms with E-state index >= 15 is 0 Å². The summed E-state index contributed by atoms with van der Waals surface area (Å²) in [4.78, 5) is 0. The van der Waals surface area contributed by atoms with Gasteiger partial charge in [-0.2, -0.15) is 8.42 Å². The highest BCUT2D eigenvalue weighted by Crippen LogP contribution is 2.18. The number of hydrogen-bond donors (Lipinski definition) is 1. The van der Waals surface area contributed by atoms with E-state index in [9.17, 15) is 8.42 Å². The van der Waals surface area contributed by atoms with Crippen molar-refractivity contribution in [2.24, 2.45) is 5.92 Å². The molecular formula is C17H36O4S. The minimum absolute atomic E-state index is 0.0912. The van der Waals surface area contributed by atoms with Gasteiger partial charge >= 0.3 is 10.4 Å². The average Bonchev–Trinajstić information content (AvgIpc) is 2.44.